The number of aliphatic hydroxyl groups excluding tert-OH is 1. The Balaban J connectivity index is 2.14. The van der Waals surface area contributed by atoms with Crippen molar-refractivity contribution < 1.29 is 9.50 Å². The van der Waals surface area contributed by atoms with Gasteiger partial charge >= 0.3 is 0 Å². The molecule has 1 aliphatic carbocycles. The maximum Gasteiger partial charge on any atom is 0.123 e. The summed E-state index contributed by atoms with van der Waals surface area (Å²) in [6.07, 6.45) is 4.93. The van der Waals surface area contributed by atoms with E-state index in [4.69, 9.17) is 11.6 Å². The van der Waals surface area contributed by atoms with Crippen molar-refractivity contribution in [1.29, 1.82) is 0 Å². The second kappa shape index (κ2) is 6.03. The van der Waals surface area contributed by atoms with Gasteiger partial charge in [0, 0.05) is 10.6 Å². The zero-order valence-corrected chi connectivity index (χ0v) is 11.5. The van der Waals surface area contributed by atoms with Gasteiger partial charge in [0.25, 0.3) is 0 Å². The van der Waals surface area contributed by atoms with Gasteiger partial charge in [-0.05, 0) is 42.9 Å². The molecule has 18 heavy (non-hydrogen) atoms. The topological polar surface area (TPSA) is 20.2 Å². The number of aliphatic hydroxyl groups is 1. The largest absolute Gasteiger partial charge is 0.388 e. The highest BCUT2D eigenvalue weighted by Gasteiger charge is 2.28. The summed E-state index contributed by atoms with van der Waals surface area (Å²) in [7, 11) is 0. The average Bonchev–Trinajstić information content (AvgIpc) is 2.41. The molecule has 3 heteroatoms. The minimum atomic E-state index is -0.637. The number of hydrogen-bond donors (Lipinski definition) is 1. The van der Waals surface area contributed by atoms with Gasteiger partial charge in [-0.3, -0.25) is 0 Å². The summed E-state index contributed by atoms with van der Waals surface area (Å²) in [6, 6.07) is 4.21. The van der Waals surface area contributed by atoms with Crippen LogP contribution >= 0.6 is 11.6 Å². The van der Waals surface area contributed by atoms with E-state index in [1.807, 2.05) is 0 Å². The average molecular weight is 271 g/mol. The predicted molar refractivity (Wildman–Crippen MR) is 72.1 cm³/mol. The Morgan fingerprint density at radius 1 is 1.44 bits per heavy atom. The molecule has 3 atom stereocenters. The third-order valence-corrected chi connectivity index (χ3v) is 4.47. The molecule has 0 bridgehead atoms. The van der Waals surface area contributed by atoms with Crippen molar-refractivity contribution in [3.8, 4) is 0 Å². The fourth-order valence-electron chi connectivity index (χ4n) is 2.99. The second-order valence-corrected chi connectivity index (χ2v) is 5.72. The Bertz CT molecular complexity index is 407. The molecule has 1 aromatic carbocycles. The molecule has 0 radical (unpaired) electrons. The fourth-order valence-corrected chi connectivity index (χ4v) is 3.21. The maximum atomic E-state index is 13.2. The van der Waals surface area contributed by atoms with Crippen molar-refractivity contribution >= 4 is 11.6 Å². The molecule has 1 aromatic rings. The number of benzene rings is 1. The summed E-state index contributed by atoms with van der Waals surface area (Å²) in [5.41, 5.74) is 0.540. The van der Waals surface area contributed by atoms with Crippen LogP contribution in [0.25, 0.3) is 0 Å². The molecule has 0 aliphatic heterocycles. The van der Waals surface area contributed by atoms with E-state index in [9.17, 15) is 9.50 Å². The smallest absolute Gasteiger partial charge is 0.123 e. The number of halogens is 2. The minimum absolute atomic E-state index is 0.211. The highest BCUT2D eigenvalue weighted by molar-refractivity contribution is 6.31. The van der Waals surface area contributed by atoms with Crippen molar-refractivity contribution in [2.24, 2.45) is 11.8 Å². The molecule has 1 N–H and O–H groups in total. The lowest BCUT2D eigenvalue weighted by atomic mass is 9.76. The van der Waals surface area contributed by atoms with Crippen LogP contribution in [-0.4, -0.2) is 5.11 Å². The van der Waals surface area contributed by atoms with Gasteiger partial charge < -0.3 is 5.11 Å². The summed E-state index contributed by atoms with van der Waals surface area (Å²) >= 11 is 6.05. The van der Waals surface area contributed by atoms with Crippen LogP contribution in [0.2, 0.25) is 5.02 Å². The molecule has 1 nitrogen and oxygen atoms in total. The van der Waals surface area contributed by atoms with E-state index >= 15 is 0 Å². The molecular weight excluding hydrogens is 251 g/mol. The second-order valence-electron chi connectivity index (χ2n) is 5.31. The Labute approximate surface area is 113 Å². The van der Waals surface area contributed by atoms with E-state index in [0.29, 0.717) is 16.5 Å². The number of rotatable bonds is 3. The van der Waals surface area contributed by atoms with Crippen molar-refractivity contribution in [3.05, 3.63) is 34.6 Å². The molecule has 1 fully saturated rings. The highest BCUT2D eigenvalue weighted by Crippen LogP contribution is 2.40. The monoisotopic (exact) mass is 270 g/mol. The van der Waals surface area contributed by atoms with Crippen LogP contribution in [-0.2, 0) is 0 Å². The summed E-state index contributed by atoms with van der Waals surface area (Å²) in [5, 5.41) is 10.9. The maximum absolute atomic E-state index is 13.2. The van der Waals surface area contributed by atoms with Crippen molar-refractivity contribution in [3.63, 3.8) is 0 Å². The molecule has 0 heterocycles. The Kier molecular flexibility index (Phi) is 4.63. The standard InChI is InChI=1S/C15H20ClFO/c1-2-10-4-3-5-11(8-10)15(18)13-9-12(17)6-7-14(13)16/h6-7,9-11,15,18H,2-5,8H2,1H3. The normalized spacial score (nSPS) is 26.0. The molecule has 100 valence electrons. The Hall–Kier alpha value is -0.600. The highest BCUT2D eigenvalue weighted by atomic mass is 35.5. The molecule has 0 saturated heterocycles. The van der Waals surface area contributed by atoms with E-state index in [1.165, 1.54) is 24.6 Å². The van der Waals surface area contributed by atoms with Crippen molar-refractivity contribution in [2.75, 3.05) is 0 Å². The molecule has 0 aromatic heterocycles. The first-order valence-corrected chi connectivity index (χ1v) is 7.12. The molecule has 0 spiro atoms. The lowest BCUT2D eigenvalue weighted by Crippen LogP contribution is -2.21. The lowest BCUT2D eigenvalue weighted by molar-refractivity contribution is 0.0676. The molecule has 0 amide bonds. The summed E-state index contributed by atoms with van der Waals surface area (Å²) < 4.78 is 13.2. The zero-order chi connectivity index (χ0) is 13.1. The molecule has 1 aliphatic rings. The van der Waals surface area contributed by atoms with Crippen LogP contribution in [0.4, 0.5) is 4.39 Å². The van der Waals surface area contributed by atoms with Gasteiger partial charge in [-0.15, -0.1) is 0 Å². The SMILES string of the molecule is CCC1CCCC(C(O)c2cc(F)ccc2Cl)C1. The van der Waals surface area contributed by atoms with E-state index in [-0.39, 0.29) is 11.7 Å². The van der Waals surface area contributed by atoms with Crippen LogP contribution in [0.3, 0.4) is 0 Å². The van der Waals surface area contributed by atoms with Gasteiger partial charge in [-0.25, -0.2) is 4.39 Å². The van der Waals surface area contributed by atoms with Gasteiger partial charge in [0.1, 0.15) is 5.82 Å². The van der Waals surface area contributed by atoms with E-state index < -0.39 is 6.10 Å². The third kappa shape index (κ3) is 3.04. The molecule has 1 saturated carbocycles. The third-order valence-electron chi connectivity index (χ3n) is 4.12. The Morgan fingerprint density at radius 3 is 2.94 bits per heavy atom. The minimum Gasteiger partial charge on any atom is -0.388 e. The van der Waals surface area contributed by atoms with Crippen molar-refractivity contribution in [2.45, 2.75) is 45.1 Å². The lowest BCUT2D eigenvalue weighted by Gasteiger charge is -2.32. The summed E-state index contributed by atoms with van der Waals surface area (Å²) in [5.74, 6) is 0.560. The summed E-state index contributed by atoms with van der Waals surface area (Å²) in [6.45, 7) is 2.19. The molecular formula is C15H20ClFO. The first-order chi connectivity index (χ1) is 8.61. The van der Waals surface area contributed by atoms with Gasteiger partial charge in [-0.1, -0.05) is 37.8 Å². The van der Waals surface area contributed by atoms with Gasteiger partial charge in [0.15, 0.2) is 0 Å². The van der Waals surface area contributed by atoms with E-state index in [1.54, 1.807) is 0 Å². The van der Waals surface area contributed by atoms with Gasteiger partial charge in [-0.2, -0.15) is 0 Å². The Morgan fingerprint density at radius 2 is 2.22 bits per heavy atom. The quantitative estimate of drug-likeness (QED) is 0.842. The van der Waals surface area contributed by atoms with Crippen LogP contribution in [0.1, 0.15) is 50.7 Å². The molecule has 3 unspecified atom stereocenters. The van der Waals surface area contributed by atoms with Gasteiger partial charge in [0.05, 0.1) is 6.10 Å². The zero-order valence-electron chi connectivity index (χ0n) is 10.7. The van der Waals surface area contributed by atoms with Crippen LogP contribution < -0.4 is 0 Å². The number of hydrogen-bond acceptors (Lipinski definition) is 1. The van der Waals surface area contributed by atoms with E-state index in [0.717, 1.165) is 25.7 Å². The van der Waals surface area contributed by atoms with E-state index in [2.05, 4.69) is 6.92 Å². The predicted octanol–water partition coefficient (Wildman–Crippen LogP) is 4.73. The van der Waals surface area contributed by atoms with Crippen LogP contribution in [0.5, 0.6) is 0 Å². The van der Waals surface area contributed by atoms with Crippen molar-refractivity contribution in [1.82, 2.24) is 0 Å². The van der Waals surface area contributed by atoms with Crippen LogP contribution in [0.15, 0.2) is 18.2 Å². The van der Waals surface area contributed by atoms with Crippen LogP contribution in [0, 0.1) is 17.7 Å². The van der Waals surface area contributed by atoms with Gasteiger partial charge in [0.2, 0.25) is 0 Å². The summed E-state index contributed by atoms with van der Waals surface area (Å²) in [4.78, 5) is 0. The first kappa shape index (κ1) is 13.8. The fraction of sp³-hybridized carbons (Fsp3) is 0.600. The first-order valence-electron chi connectivity index (χ1n) is 6.74. The molecule has 2 rings (SSSR count).